The molecule has 4 rings (SSSR count). The van der Waals surface area contributed by atoms with Gasteiger partial charge in [0.1, 0.15) is 0 Å². The molecule has 1 aliphatic heterocycles. The highest BCUT2D eigenvalue weighted by atomic mass is 32.1. The van der Waals surface area contributed by atoms with Crippen molar-refractivity contribution < 1.29 is 0 Å². The lowest BCUT2D eigenvalue weighted by atomic mass is 9.93. The monoisotopic (exact) mass is 435 g/mol. The van der Waals surface area contributed by atoms with Gasteiger partial charge in [-0.05, 0) is 79.5 Å². The SMILES string of the molecule is Cc1cc(C)c(C(C)C)cc1-c1n[nH]c(=S)n1-c1ccc(CN2CCN(C)CC2)cc1. The molecule has 164 valence electrons. The van der Waals surface area contributed by atoms with E-state index in [1.165, 1.54) is 22.3 Å². The average molecular weight is 436 g/mol. The van der Waals surface area contributed by atoms with Crippen LogP contribution in [0, 0.1) is 18.6 Å². The Labute approximate surface area is 190 Å². The molecule has 31 heavy (non-hydrogen) atoms. The molecule has 0 unspecified atom stereocenters. The van der Waals surface area contributed by atoms with Gasteiger partial charge in [-0.2, -0.15) is 5.10 Å². The van der Waals surface area contributed by atoms with Crippen molar-refractivity contribution in [2.45, 2.75) is 40.2 Å². The fourth-order valence-corrected chi connectivity index (χ4v) is 4.70. The predicted octanol–water partition coefficient (Wildman–Crippen LogP) is 5.08. The second-order valence-corrected chi connectivity index (χ2v) is 9.50. The zero-order valence-corrected chi connectivity index (χ0v) is 20.1. The van der Waals surface area contributed by atoms with Gasteiger partial charge in [-0.3, -0.25) is 14.6 Å². The minimum absolute atomic E-state index is 0.462. The van der Waals surface area contributed by atoms with Gasteiger partial charge in [-0.1, -0.05) is 32.0 Å². The van der Waals surface area contributed by atoms with Crippen molar-refractivity contribution in [2.24, 2.45) is 0 Å². The Morgan fingerprint density at radius 3 is 2.32 bits per heavy atom. The Morgan fingerprint density at radius 1 is 1.00 bits per heavy atom. The summed E-state index contributed by atoms with van der Waals surface area (Å²) in [5.41, 5.74) is 7.39. The third kappa shape index (κ3) is 4.66. The van der Waals surface area contributed by atoms with Crippen LogP contribution in [0.15, 0.2) is 36.4 Å². The van der Waals surface area contributed by atoms with E-state index in [0.717, 1.165) is 49.8 Å². The molecule has 1 aromatic heterocycles. The van der Waals surface area contributed by atoms with E-state index < -0.39 is 0 Å². The first-order chi connectivity index (χ1) is 14.8. The smallest absolute Gasteiger partial charge is 0.200 e. The summed E-state index contributed by atoms with van der Waals surface area (Å²) in [7, 11) is 2.19. The Kier molecular flexibility index (Phi) is 6.42. The molecule has 2 heterocycles. The molecule has 1 aliphatic rings. The Balaban J connectivity index is 1.64. The van der Waals surface area contributed by atoms with Gasteiger partial charge >= 0.3 is 0 Å². The molecule has 0 atom stereocenters. The lowest BCUT2D eigenvalue weighted by Crippen LogP contribution is -2.43. The van der Waals surface area contributed by atoms with Crippen LogP contribution in [-0.2, 0) is 6.54 Å². The van der Waals surface area contributed by atoms with Crippen LogP contribution in [0.25, 0.3) is 17.1 Å². The summed E-state index contributed by atoms with van der Waals surface area (Å²) in [6, 6.07) is 13.3. The largest absolute Gasteiger partial charge is 0.304 e. The van der Waals surface area contributed by atoms with E-state index in [2.05, 4.69) is 95.7 Å². The predicted molar refractivity (Wildman–Crippen MR) is 131 cm³/mol. The fraction of sp³-hybridized carbons (Fsp3) is 0.440. The van der Waals surface area contributed by atoms with E-state index in [4.69, 9.17) is 12.2 Å². The number of aromatic amines is 1. The number of likely N-dealkylation sites (N-methyl/N-ethyl adjacent to an activating group) is 1. The molecule has 0 aliphatic carbocycles. The maximum absolute atomic E-state index is 5.62. The van der Waals surface area contributed by atoms with Crippen molar-refractivity contribution in [1.82, 2.24) is 24.6 Å². The van der Waals surface area contributed by atoms with Crippen molar-refractivity contribution in [2.75, 3.05) is 33.2 Å². The zero-order chi connectivity index (χ0) is 22.1. The van der Waals surface area contributed by atoms with Crippen LogP contribution >= 0.6 is 12.2 Å². The van der Waals surface area contributed by atoms with Crippen molar-refractivity contribution in [3.05, 3.63) is 63.4 Å². The number of hydrogen-bond acceptors (Lipinski definition) is 4. The highest BCUT2D eigenvalue weighted by Gasteiger charge is 2.17. The van der Waals surface area contributed by atoms with Crippen LogP contribution in [0.1, 0.15) is 42.0 Å². The molecule has 0 radical (unpaired) electrons. The van der Waals surface area contributed by atoms with E-state index in [-0.39, 0.29) is 0 Å². The van der Waals surface area contributed by atoms with Crippen LogP contribution in [0.3, 0.4) is 0 Å². The number of H-pyrrole nitrogens is 1. The van der Waals surface area contributed by atoms with E-state index in [1.54, 1.807) is 0 Å². The van der Waals surface area contributed by atoms with Gasteiger partial charge in [0.2, 0.25) is 0 Å². The molecule has 0 amide bonds. The molecular formula is C25H33N5S. The van der Waals surface area contributed by atoms with Gasteiger partial charge in [0.05, 0.1) is 0 Å². The van der Waals surface area contributed by atoms with Crippen LogP contribution in [0.4, 0.5) is 0 Å². The van der Waals surface area contributed by atoms with Gasteiger partial charge in [0.25, 0.3) is 0 Å². The number of aryl methyl sites for hydroxylation is 2. The van der Waals surface area contributed by atoms with E-state index in [0.29, 0.717) is 10.7 Å². The van der Waals surface area contributed by atoms with Crippen molar-refractivity contribution >= 4 is 12.2 Å². The summed E-state index contributed by atoms with van der Waals surface area (Å²) < 4.78 is 2.67. The van der Waals surface area contributed by atoms with Crippen molar-refractivity contribution in [1.29, 1.82) is 0 Å². The number of rotatable bonds is 5. The van der Waals surface area contributed by atoms with Gasteiger partial charge in [-0.25, -0.2) is 0 Å². The lowest BCUT2D eigenvalue weighted by molar-refractivity contribution is 0.148. The number of aromatic nitrogens is 3. The topological polar surface area (TPSA) is 40.1 Å². The normalized spacial score (nSPS) is 15.7. The van der Waals surface area contributed by atoms with E-state index >= 15 is 0 Å². The second-order valence-electron chi connectivity index (χ2n) is 9.11. The molecule has 5 nitrogen and oxygen atoms in total. The third-order valence-electron chi connectivity index (χ3n) is 6.34. The minimum atomic E-state index is 0.462. The molecule has 1 saturated heterocycles. The first-order valence-corrected chi connectivity index (χ1v) is 11.5. The molecule has 2 aromatic carbocycles. The van der Waals surface area contributed by atoms with Crippen LogP contribution < -0.4 is 0 Å². The third-order valence-corrected chi connectivity index (χ3v) is 6.62. The average Bonchev–Trinajstić information content (AvgIpc) is 3.11. The van der Waals surface area contributed by atoms with E-state index in [1.807, 2.05) is 0 Å². The molecule has 0 spiro atoms. The molecule has 1 N–H and O–H groups in total. The summed E-state index contributed by atoms with van der Waals surface area (Å²) in [5, 5.41) is 7.62. The number of piperazine rings is 1. The lowest BCUT2D eigenvalue weighted by Gasteiger charge is -2.32. The highest BCUT2D eigenvalue weighted by molar-refractivity contribution is 7.71. The maximum Gasteiger partial charge on any atom is 0.200 e. The number of hydrogen-bond donors (Lipinski definition) is 1. The Hall–Kier alpha value is -2.28. The number of nitrogens with one attached hydrogen (secondary N) is 1. The van der Waals surface area contributed by atoms with Crippen molar-refractivity contribution in [3.63, 3.8) is 0 Å². The van der Waals surface area contributed by atoms with E-state index in [9.17, 15) is 0 Å². The van der Waals surface area contributed by atoms with Crippen molar-refractivity contribution in [3.8, 4) is 17.1 Å². The maximum atomic E-state index is 5.62. The first-order valence-electron chi connectivity index (χ1n) is 11.1. The number of benzene rings is 2. The van der Waals surface area contributed by atoms with Crippen LogP contribution in [-0.4, -0.2) is 57.8 Å². The molecule has 1 fully saturated rings. The summed E-state index contributed by atoms with van der Waals surface area (Å²) in [5.74, 6) is 1.33. The molecule has 3 aromatic rings. The zero-order valence-electron chi connectivity index (χ0n) is 19.3. The molecule has 0 saturated carbocycles. The highest BCUT2D eigenvalue weighted by Crippen LogP contribution is 2.30. The molecule has 0 bridgehead atoms. The van der Waals surface area contributed by atoms with Crippen LogP contribution in [0.2, 0.25) is 0 Å². The Bertz CT molecular complexity index is 1100. The Morgan fingerprint density at radius 2 is 1.68 bits per heavy atom. The number of nitrogens with zero attached hydrogens (tertiary/aromatic N) is 4. The van der Waals surface area contributed by atoms with Gasteiger partial charge in [-0.15, -0.1) is 0 Å². The quantitative estimate of drug-likeness (QED) is 0.567. The summed E-state index contributed by atoms with van der Waals surface area (Å²) in [6.07, 6.45) is 0. The van der Waals surface area contributed by atoms with Gasteiger partial charge in [0, 0.05) is 44.0 Å². The molecule has 6 heteroatoms. The summed E-state index contributed by atoms with van der Waals surface area (Å²) >= 11 is 5.62. The minimum Gasteiger partial charge on any atom is -0.304 e. The first kappa shape index (κ1) is 21.9. The summed E-state index contributed by atoms with van der Waals surface area (Å²) in [4.78, 5) is 4.91. The summed E-state index contributed by atoms with van der Waals surface area (Å²) in [6.45, 7) is 14.3. The van der Waals surface area contributed by atoms with Gasteiger partial charge in [0.15, 0.2) is 10.6 Å². The van der Waals surface area contributed by atoms with Gasteiger partial charge < -0.3 is 4.90 Å². The second kappa shape index (κ2) is 9.07. The fourth-order valence-electron chi connectivity index (χ4n) is 4.46. The van der Waals surface area contributed by atoms with Crippen LogP contribution in [0.5, 0.6) is 0 Å². The molecular weight excluding hydrogens is 402 g/mol. The standard InChI is InChI=1S/C25H33N5S/c1-17(2)22-15-23(19(4)14-18(22)3)24-26-27-25(31)30(24)21-8-6-20(7-9-21)16-29-12-10-28(5)11-13-29/h6-9,14-15,17H,10-13,16H2,1-5H3,(H,27,31).